The molecule has 1 heteroatoms. The highest BCUT2D eigenvalue weighted by Gasteiger charge is 2.32. The van der Waals surface area contributed by atoms with Crippen LogP contribution in [0, 0.1) is 10.8 Å². The SMILES string of the molecule is CC(=O)C=CC1(C)CCC(C)(C)C=C1C. The first kappa shape index (κ1) is 12.2. The molecule has 1 unspecified atom stereocenters. The lowest BCUT2D eigenvalue weighted by molar-refractivity contribution is -0.112. The minimum atomic E-state index is 0.0845. The normalized spacial score (nSPS) is 30.3. The molecular weight excluding hydrogens is 184 g/mol. The van der Waals surface area contributed by atoms with Crippen molar-refractivity contribution in [1.82, 2.24) is 0 Å². The first-order valence-corrected chi connectivity index (χ1v) is 5.65. The largest absolute Gasteiger partial charge is 0.295 e. The van der Waals surface area contributed by atoms with Gasteiger partial charge in [-0.25, -0.2) is 0 Å². The Labute approximate surface area is 93.3 Å². The monoisotopic (exact) mass is 206 g/mol. The van der Waals surface area contributed by atoms with Crippen LogP contribution < -0.4 is 0 Å². The Hall–Kier alpha value is -0.850. The van der Waals surface area contributed by atoms with Gasteiger partial charge in [0.1, 0.15) is 0 Å². The molecule has 84 valence electrons. The zero-order valence-corrected chi connectivity index (χ0v) is 10.6. The Morgan fingerprint density at radius 3 is 2.40 bits per heavy atom. The molecule has 0 spiro atoms. The summed E-state index contributed by atoms with van der Waals surface area (Å²) in [5.41, 5.74) is 1.78. The molecule has 0 saturated carbocycles. The van der Waals surface area contributed by atoms with Crippen molar-refractivity contribution in [2.45, 2.75) is 47.5 Å². The average Bonchev–Trinajstić information content (AvgIpc) is 2.09. The number of allylic oxidation sites excluding steroid dienone is 4. The van der Waals surface area contributed by atoms with Gasteiger partial charge in [0.15, 0.2) is 5.78 Å². The fourth-order valence-electron chi connectivity index (χ4n) is 2.12. The van der Waals surface area contributed by atoms with Gasteiger partial charge in [-0.1, -0.05) is 38.5 Å². The Balaban J connectivity index is 2.93. The predicted molar refractivity (Wildman–Crippen MR) is 64.7 cm³/mol. The minimum absolute atomic E-state index is 0.0845. The summed E-state index contributed by atoms with van der Waals surface area (Å²) in [6, 6.07) is 0. The molecule has 0 heterocycles. The van der Waals surface area contributed by atoms with E-state index in [1.165, 1.54) is 12.0 Å². The smallest absolute Gasteiger partial charge is 0.152 e. The average molecular weight is 206 g/mol. The third-order valence-electron chi connectivity index (χ3n) is 3.48. The molecule has 0 aliphatic heterocycles. The fourth-order valence-corrected chi connectivity index (χ4v) is 2.12. The van der Waals surface area contributed by atoms with E-state index in [2.05, 4.69) is 39.8 Å². The van der Waals surface area contributed by atoms with E-state index >= 15 is 0 Å². The van der Waals surface area contributed by atoms with Crippen LogP contribution in [0.25, 0.3) is 0 Å². The van der Waals surface area contributed by atoms with Gasteiger partial charge in [-0.05, 0) is 38.2 Å². The molecule has 0 amide bonds. The molecule has 1 rings (SSSR count). The molecule has 1 nitrogen and oxygen atoms in total. The third kappa shape index (κ3) is 3.05. The molecule has 1 atom stereocenters. The van der Waals surface area contributed by atoms with Gasteiger partial charge in [-0.2, -0.15) is 0 Å². The summed E-state index contributed by atoms with van der Waals surface area (Å²) in [4.78, 5) is 11.0. The summed E-state index contributed by atoms with van der Waals surface area (Å²) in [6.07, 6.45) is 8.43. The van der Waals surface area contributed by atoms with E-state index < -0.39 is 0 Å². The van der Waals surface area contributed by atoms with Crippen molar-refractivity contribution in [2.75, 3.05) is 0 Å². The van der Waals surface area contributed by atoms with Crippen LogP contribution in [0.4, 0.5) is 0 Å². The molecule has 1 aliphatic carbocycles. The number of rotatable bonds is 2. The van der Waals surface area contributed by atoms with Gasteiger partial charge >= 0.3 is 0 Å². The summed E-state index contributed by atoms with van der Waals surface area (Å²) in [6.45, 7) is 10.5. The van der Waals surface area contributed by atoms with Crippen molar-refractivity contribution < 1.29 is 4.79 Å². The number of carbonyl (C=O) groups is 1. The van der Waals surface area contributed by atoms with E-state index in [1.807, 2.05) is 0 Å². The van der Waals surface area contributed by atoms with E-state index in [4.69, 9.17) is 0 Å². The van der Waals surface area contributed by atoms with Gasteiger partial charge in [0.25, 0.3) is 0 Å². The Bertz CT molecular complexity index is 320. The van der Waals surface area contributed by atoms with E-state index in [9.17, 15) is 4.79 Å². The van der Waals surface area contributed by atoms with Crippen LogP contribution in [0.3, 0.4) is 0 Å². The lowest BCUT2D eigenvalue weighted by atomic mass is 9.67. The maximum Gasteiger partial charge on any atom is 0.152 e. The zero-order valence-electron chi connectivity index (χ0n) is 10.6. The second kappa shape index (κ2) is 3.96. The predicted octanol–water partition coefficient (Wildman–Crippen LogP) is 3.90. The van der Waals surface area contributed by atoms with E-state index in [0.29, 0.717) is 5.41 Å². The standard InChI is InChI=1S/C14H22O/c1-11-10-13(3,4)8-9-14(11,5)7-6-12(2)15/h6-7,10H,8-9H2,1-5H3. The molecule has 0 aromatic carbocycles. The Morgan fingerprint density at radius 2 is 1.93 bits per heavy atom. The van der Waals surface area contributed by atoms with Crippen LogP contribution in [0.15, 0.2) is 23.8 Å². The second-order valence-electron chi connectivity index (χ2n) is 5.68. The van der Waals surface area contributed by atoms with Crippen molar-refractivity contribution in [3.05, 3.63) is 23.8 Å². The van der Waals surface area contributed by atoms with Crippen molar-refractivity contribution in [3.8, 4) is 0 Å². The molecule has 0 aromatic rings. The van der Waals surface area contributed by atoms with Crippen LogP contribution in [0.2, 0.25) is 0 Å². The molecule has 0 aromatic heterocycles. The molecule has 0 fully saturated rings. The lowest BCUT2D eigenvalue weighted by Crippen LogP contribution is -2.26. The van der Waals surface area contributed by atoms with Gasteiger partial charge < -0.3 is 0 Å². The van der Waals surface area contributed by atoms with Crippen LogP contribution in [0.5, 0.6) is 0 Å². The quantitative estimate of drug-likeness (QED) is 0.494. The highest BCUT2D eigenvalue weighted by atomic mass is 16.1. The highest BCUT2D eigenvalue weighted by molar-refractivity contribution is 5.87. The van der Waals surface area contributed by atoms with Crippen molar-refractivity contribution >= 4 is 5.78 Å². The van der Waals surface area contributed by atoms with Gasteiger partial charge in [0.05, 0.1) is 0 Å². The topological polar surface area (TPSA) is 17.1 Å². The fraction of sp³-hybridized carbons (Fsp3) is 0.643. The molecule has 15 heavy (non-hydrogen) atoms. The number of hydrogen-bond acceptors (Lipinski definition) is 1. The number of carbonyl (C=O) groups excluding carboxylic acids is 1. The van der Waals surface area contributed by atoms with Gasteiger partial charge in [-0.3, -0.25) is 4.79 Å². The van der Waals surface area contributed by atoms with Gasteiger partial charge in [0, 0.05) is 5.41 Å². The minimum Gasteiger partial charge on any atom is -0.295 e. The first-order chi connectivity index (χ1) is 6.75. The Kier molecular flexibility index (Phi) is 3.22. The number of ketones is 1. The highest BCUT2D eigenvalue weighted by Crippen LogP contribution is 2.44. The maximum absolute atomic E-state index is 11.0. The van der Waals surface area contributed by atoms with Crippen LogP contribution in [0.1, 0.15) is 47.5 Å². The first-order valence-electron chi connectivity index (χ1n) is 5.65. The van der Waals surface area contributed by atoms with E-state index in [0.717, 1.165) is 6.42 Å². The summed E-state index contributed by atoms with van der Waals surface area (Å²) in [5.74, 6) is 0.133. The molecule has 0 radical (unpaired) electrons. The molecule has 0 bridgehead atoms. The Morgan fingerprint density at radius 1 is 1.33 bits per heavy atom. The molecule has 0 N–H and O–H groups in total. The van der Waals surface area contributed by atoms with E-state index in [-0.39, 0.29) is 11.2 Å². The van der Waals surface area contributed by atoms with Gasteiger partial charge in [0.2, 0.25) is 0 Å². The van der Waals surface area contributed by atoms with Crippen molar-refractivity contribution in [1.29, 1.82) is 0 Å². The van der Waals surface area contributed by atoms with Gasteiger partial charge in [-0.15, -0.1) is 0 Å². The van der Waals surface area contributed by atoms with Crippen molar-refractivity contribution in [3.63, 3.8) is 0 Å². The summed E-state index contributed by atoms with van der Waals surface area (Å²) in [7, 11) is 0. The van der Waals surface area contributed by atoms with Crippen molar-refractivity contribution in [2.24, 2.45) is 10.8 Å². The third-order valence-corrected chi connectivity index (χ3v) is 3.48. The summed E-state index contributed by atoms with van der Waals surface area (Å²) in [5, 5.41) is 0. The molecule has 0 saturated heterocycles. The maximum atomic E-state index is 11.0. The molecular formula is C14H22O. The summed E-state index contributed by atoms with van der Waals surface area (Å²) < 4.78 is 0. The van der Waals surface area contributed by atoms with E-state index in [1.54, 1.807) is 13.0 Å². The second-order valence-corrected chi connectivity index (χ2v) is 5.68. The van der Waals surface area contributed by atoms with Crippen LogP contribution >= 0.6 is 0 Å². The molecule has 1 aliphatic rings. The van der Waals surface area contributed by atoms with Crippen LogP contribution in [-0.2, 0) is 4.79 Å². The lowest BCUT2D eigenvalue weighted by Gasteiger charge is -2.38. The van der Waals surface area contributed by atoms with Crippen LogP contribution in [-0.4, -0.2) is 5.78 Å². The zero-order chi connectivity index (χ0) is 11.7. The number of hydrogen-bond donors (Lipinski definition) is 0. The summed E-state index contributed by atoms with van der Waals surface area (Å²) >= 11 is 0.